The Balaban J connectivity index is 1.36. The molecule has 8 nitrogen and oxygen atoms in total. The average molecular weight is 488 g/mol. The summed E-state index contributed by atoms with van der Waals surface area (Å²) in [7, 11) is 1.53. The Labute approximate surface area is 207 Å². The van der Waals surface area contributed by atoms with Crippen LogP contribution in [0.15, 0.2) is 69.9 Å². The van der Waals surface area contributed by atoms with Gasteiger partial charge >= 0.3 is 17.7 Å². The lowest BCUT2D eigenvalue weighted by molar-refractivity contribution is -0.139. The summed E-state index contributed by atoms with van der Waals surface area (Å²) >= 11 is 0. The van der Waals surface area contributed by atoms with Crippen molar-refractivity contribution in [3.05, 3.63) is 82.2 Å². The van der Waals surface area contributed by atoms with Gasteiger partial charge in [-0.05, 0) is 55.7 Å². The van der Waals surface area contributed by atoms with Crippen molar-refractivity contribution >= 4 is 33.8 Å². The van der Waals surface area contributed by atoms with Crippen molar-refractivity contribution in [3.8, 4) is 11.5 Å². The number of aryl methyl sites for hydroxylation is 1. The van der Waals surface area contributed by atoms with Gasteiger partial charge in [0.2, 0.25) is 0 Å². The Morgan fingerprint density at radius 2 is 1.81 bits per heavy atom. The Hall–Kier alpha value is -4.33. The van der Waals surface area contributed by atoms with Crippen molar-refractivity contribution in [1.82, 2.24) is 4.90 Å². The number of amides is 1. The lowest BCUT2D eigenvalue weighted by Gasteiger charge is -2.23. The molecule has 0 saturated carbocycles. The Morgan fingerprint density at radius 1 is 1.03 bits per heavy atom. The van der Waals surface area contributed by atoms with Crippen LogP contribution in [0.3, 0.4) is 0 Å². The van der Waals surface area contributed by atoms with E-state index in [0.29, 0.717) is 47.1 Å². The molecule has 0 spiro atoms. The van der Waals surface area contributed by atoms with Crippen LogP contribution in [0.1, 0.15) is 24.0 Å². The van der Waals surface area contributed by atoms with Gasteiger partial charge in [0.05, 0.1) is 12.5 Å². The van der Waals surface area contributed by atoms with Gasteiger partial charge in [0.15, 0.2) is 0 Å². The number of fused-ring (bicyclic) bond motifs is 3. The normalized spacial score (nSPS) is 15.3. The number of hydrogen-bond donors (Lipinski definition) is 0. The lowest BCUT2D eigenvalue weighted by atomic mass is 10.0. The van der Waals surface area contributed by atoms with Crippen LogP contribution in [0.5, 0.6) is 11.5 Å². The topological polar surface area (TPSA) is 95.3 Å². The molecule has 0 aliphatic carbocycles. The van der Waals surface area contributed by atoms with Crippen molar-refractivity contribution in [1.29, 1.82) is 0 Å². The van der Waals surface area contributed by atoms with Gasteiger partial charge in [-0.2, -0.15) is 0 Å². The fraction of sp³-hybridized carbons (Fsp3) is 0.250. The monoisotopic (exact) mass is 487 g/mol. The molecule has 1 saturated heterocycles. The lowest BCUT2D eigenvalue weighted by Crippen LogP contribution is -2.42. The first kappa shape index (κ1) is 23.4. The summed E-state index contributed by atoms with van der Waals surface area (Å²) in [6.07, 6.45) is 0.593. The van der Waals surface area contributed by atoms with E-state index >= 15 is 0 Å². The van der Waals surface area contributed by atoms with Gasteiger partial charge in [-0.15, -0.1) is 0 Å². The van der Waals surface area contributed by atoms with Crippen LogP contribution >= 0.6 is 0 Å². The summed E-state index contributed by atoms with van der Waals surface area (Å²) in [5.74, 6) is 0.271. The van der Waals surface area contributed by atoms with Gasteiger partial charge in [-0.3, -0.25) is 4.90 Å². The molecule has 184 valence electrons. The van der Waals surface area contributed by atoms with Gasteiger partial charge in [-0.1, -0.05) is 30.3 Å². The van der Waals surface area contributed by atoms with E-state index in [4.69, 9.17) is 18.6 Å². The number of methoxy groups -OCH3 is 1. The third-order valence-corrected chi connectivity index (χ3v) is 6.46. The van der Waals surface area contributed by atoms with E-state index in [1.54, 1.807) is 37.3 Å². The standard InChI is InChI=1S/C28H25NO7/c1-17-24(13-12-21-20-11-10-19(33-2)15-22(20)26(30)36-25(17)21)35-27(31)23-9-6-14-29(23)28(32)34-16-18-7-4-3-5-8-18/h3-5,7-8,10-13,15,23H,6,9,14,16H2,1-2H3/t23-/m1/s1. The number of rotatable bonds is 5. The van der Waals surface area contributed by atoms with Gasteiger partial charge in [-0.25, -0.2) is 14.4 Å². The number of carbonyl (C=O) groups excluding carboxylic acids is 2. The van der Waals surface area contributed by atoms with E-state index < -0.39 is 23.7 Å². The minimum Gasteiger partial charge on any atom is -0.497 e. The Kier molecular flexibility index (Phi) is 6.33. The van der Waals surface area contributed by atoms with Crippen molar-refractivity contribution in [3.63, 3.8) is 0 Å². The fourth-order valence-electron chi connectivity index (χ4n) is 4.54. The maximum atomic E-state index is 13.1. The average Bonchev–Trinajstić information content (AvgIpc) is 3.40. The van der Waals surface area contributed by atoms with E-state index in [2.05, 4.69) is 0 Å². The maximum absolute atomic E-state index is 13.1. The summed E-state index contributed by atoms with van der Waals surface area (Å²) in [4.78, 5) is 39.8. The molecule has 1 aliphatic heterocycles. The molecular weight excluding hydrogens is 462 g/mol. The zero-order valence-corrected chi connectivity index (χ0v) is 20.0. The van der Waals surface area contributed by atoms with E-state index in [0.717, 1.165) is 10.9 Å². The smallest absolute Gasteiger partial charge is 0.410 e. The second-order valence-electron chi connectivity index (χ2n) is 8.68. The molecule has 1 fully saturated rings. The Bertz CT molecular complexity index is 1510. The first-order valence-electron chi connectivity index (χ1n) is 11.7. The highest BCUT2D eigenvalue weighted by atomic mass is 16.6. The third-order valence-electron chi connectivity index (χ3n) is 6.46. The molecule has 3 aromatic carbocycles. The number of carbonyl (C=O) groups is 2. The van der Waals surface area contributed by atoms with E-state index in [1.807, 2.05) is 30.3 Å². The van der Waals surface area contributed by atoms with Crippen molar-refractivity contribution in [2.24, 2.45) is 0 Å². The molecule has 2 heterocycles. The molecule has 8 heteroatoms. The van der Waals surface area contributed by atoms with Crippen LogP contribution in [0.4, 0.5) is 4.79 Å². The van der Waals surface area contributed by atoms with Crippen molar-refractivity contribution < 1.29 is 28.2 Å². The van der Waals surface area contributed by atoms with Crippen LogP contribution < -0.4 is 15.1 Å². The van der Waals surface area contributed by atoms with E-state index in [1.165, 1.54) is 12.0 Å². The minimum atomic E-state index is -0.751. The van der Waals surface area contributed by atoms with E-state index in [9.17, 15) is 14.4 Å². The SMILES string of the molecule is COc1ccc2c(c1)c(=O)oc1c(C)c(OC(=O)[C@H]3CCCN3C(=O)OCc3ccccc3)ccc12. The highest BCUT2D eigenvalue weighted by Gasteiger charge is 2.37. The van der Waals surface area contributed by atoms with Crippen molar-refractivity contribution in [2.45, 2.75) is 32.4 Å². The van der Waals surface area contributed by atoms with Crippen LogP contribution in [-0.4, -0.2) is 36.7 Å². The molecule has 1 amide bonds. The number of benzene rings is 3. The highest BCUT2D eigenvalue weighted by Crippen LogP contribution is 2.33. The van der Waals surface area contributed by atoms with Crippen LogP contribution in [0.25, 0.3) is 21.7 Å². The summed E-state index contributed by atoms with van der Waals surface area (Å²) in [6.45, 7) is 2.26. The number of ether oxygens (including phenoxy) is 3. The summed E-state index contributed by atoms with van der Waals surface area (Å²) in [5, 5.41) is 1.84. The van der Waals surface area contributed by atoms with Gasteiger partial charge < -0.3 is 18.6 Å². The number of esters is 1. The number of hydrogen-bond acceptors (Lipinski definition) is 7. The molecular formula is C28H25NO7. The molecule has 1 atom stereocenters. The molecule has 0 bridgehead atoms. The third kappa shape index (κ3) is 4.37. The predicted molar refractivity (Wildman–Crippen MR) is 133 cm³/mol. The number of likely N-dealkylation sites (tertiary alicyclic amines) is 1. The van der Waals surface area contributed by atoms with Crippen LogP contribution in [0.2, 0.25) is 0 Å². The summed E-state index contributed by atoms with van der Waals surface area (Å²) in [5.41, 5.74) is 1.22. The number of nitrogens with zero attached hydrogens (tertiary/aromatic N) is 1. The van der Waals surface area contributed by atoms with Gasteiger partial charge in [0.25, 0.3) is 0 Å². The highest BCUT2D eigenvalue weighted by molar-refractivity contribution is 6.06. The van der Waals surface area contributed by atoms with Crippen LogP contribution in [0, 0.1) is 6.92 Å². The molecule has 0 radical (unpaired) electrons. The van der Waals surface area contributed by atoms with Gasteiger partial charge in [0.1, 0.15) is 29.7 Å². The largest absolute Gasteiger partial charge is 0.497 e. The first-order valence-corrected chi connectivity index (χ1v) is 11.7. The maximum Gasteiger partial charge on any atom is 0.410 e. The van der Waals surface area contributed by atoms with E-state index in [-0.39, 0.29) is 12.4 Å². The molecule has 36 heavy (non-hydrogen) atoms. The minimum absolute atomic E-state index is 0.126. The first-order chi connectivity index (χ1) is 17.5. The van der Waals surface area contributed by atoms with Crippen molar-refractivity contribution in [2.75, 3.05) is 13.7 Å². The second kappa shape index (κ2) is 9.73. The molecule has 4 aromatic rings. The van der Waals surface area contributed by atoms with Crippen LogP contribution in [-0.2, 0) is 16.1 Å². The zero-order valence-electron chi connectivity index (χ0n) is 20.0. The molecule has 1 aromatic heterocycles. The second-order valence-corrected chi connectivity index (χ2v) is 8.68. The predicted octanol–water partition coefficient (Wildman–Crippen LogP) is 4.97. The Morgan fingerprint density at radius 3 is 2.58 bits per heavy atom. The summed E-state index contributed by atoms with van der Waals surface area (Å²) in [6, 6.07) is 17.2. The molecule has 1 aliphatic rings. The molecule has 0 N–H and O–H groups in total. The molecule has 0 unspecified atom stereocenters. The quantitative estimate of drug-likeness (QED) is 0.170. The summed E-state index contributed by atoms with van der Waals surface area (Å²) < 4.78 is 21.9. The molecule has 5 rings (SSSR count). The fourth-order valence-corrected chi connectivity index (χ4v) is 4.54. The zero-order chi connectivity index (χ0) is 25.2. The van der Waals surface area contributed by atoms with Gasteiger partial charge in [0, 0.05) is 22.9 Å².